The molecule has 6 heteroatoms. The van der Waals surface area contributed by atoms with Gasteiger partial charge in [0.1, 0.15) is 5.75 Å². The molecule has 3 rings (SSSR count). The SMILES string of the molecule is CC(C)COc1ccc(C(=O)Nc2ccccc2C(=O)N2CC[NH+](C)CC2)cc1. The van der Waals surface area contributed by atoms with E-state index in [0.29, 0.717) is 29.3 Å². The smallest absolute Gasteiger partial charge is 0.256 e. The number of rotatable bonds is 6. The summed E-state index contributed by atoms with van der Waals surface area (Å²) in [6.07, 6.45) is 0. The Bertz CT molecular complexity index is 841. The summed E-state index contributed by atoms with van der Waals surface area (Å²) in [5, 5.41) is 2.89. The minimum atomic E-state index is -0.247. The second kappa shape index (κ2) is 9.56. The van der Waals surface area contributed by atoms with Crippen LogP contribution in [-0.2, 0) is 0 Å². The number of ether oxygens (including phenoxy) is 1. The van der Waals surface area contributed by atoms with E-state index in [0.717, 1.165) is 31.9 Å². The number of carbonyl (C=O) groups is 2. The van der Waals surface area contributed by atoms with Crippen molar-refractivity contribution in [2.24, 2.45) is 5.92 Å². The molecule has 2 aromatic carbocycles. The van der Waals surface area contributed by atoms with Crippen LogP contribution in [0.15, 0.2) is 48.5 Å². The summed E-state index contributed by atoms with van der Waals surface area (Å²) < 4.78 is 5.66. The second-order valence-electron chi connectivity index (χ2n) is 7.98. The summed E-state index contributed by atoms with van der Waals surface area (Å²) in [4.78, 5) is 29.0. The van der Waals surface area contributed by atoms with E-state index in [1.807, 2.05) is 17.0 Å². The van der Waals surface area contributed by atoms with Gasteiger partial charge in [0.05, 0.1) is 51.1 Å². The molecule has 1 fully saturated rings. The fourth-order valence-corrected chi connectivity index (χ4v) is 3.20. The zero-order valence-electron chi connectivity index (χ0n) is 17.4. The molecule has 1 aliphatic heterocycles. The highest BCUT2D eigenvalue weighted by atomic mass is 16.5. The number of likely N-dealkylation sites (N-methyl/N-ethyl adjacent to an activating group) is 1. The summed E-state index contributed by atoms with van der Waals surface area (Å²) in [5.74, 6) is 0.895. The van der Waals surface area contributed by atoms with Gasteiger partial charge < -0.3 is 19.9 Å². The number of anilines is 1. The van der Waals surface area contributed by atoms with Crippen LogP contribution in [0.25, 0.3) is 0 Å². The van der Waals surface area contributed by atoms with Crippen molar-refractivity contribution < 1.29 is 19.2 Å². The monoisotopic (exact) mass is 396 g/mol. The van der Waals surface area contributed by atoms with Gasteiger partial charge in [0.15, 0.2) is 0 Å². The molecule has 6 nitrogen and oxygen atoms in total. The third-order valence-corrected chi connectivity index (χ3v) is 5.01. The molecule has 0 aromatic heterocycles. The molecular weight excluding hydrogens is 366 g/mol. The standard InChI is InChI=1S/C23H29N3O3/c1-17(2)16-29-19-10-8-18(9-11-19)22(27)24-21-7-5-4-6-20(21)23(28)26-14-12-25(3)13-15-26/h4-11,17H,12-16H2,1-3H3,(H,24,27)/p+1. The Labute approximate surface area is 172 Å². The zero-order valence-corrected chi connectivity index (χ0v) is 17.4. The maximum absolute atomic E-state index is 13.0. The lowest BCUT2D eigenvalue weighted by molar-refractivity contribution is -0.883. The normalized spacial score (nSPS) is 14.7. The van der Waals surface area contributed by atoms with Gasteiger partial charge in [-0.1, -0.05) is 26.0 Å². The third kappa shape index (κ3) is 5.57. The minimum Gasteiger partial charge on any atom is -0.493 e. The van der Waals surface area contributed by atoms with Crippen molar-refractivity contribution in [1.29, 1.82) is 0 Å². The highest BCUT2D eigenvalue weighted by molar-refractivity contribution is 6.09. The van der Waals surface area contributed by atoms with Gasteiger partial charge in [-0.3, -0.25) is 9.59 Å². The predicted octanol–water partition coefficient (Wildman–Crippen LogP) is 1.94. The van der Waals surface area contributed by atoms with Gasteiger partial charge in [0.2, 0.25) is 0 Å². The van der Waals surface area contributed by atoms with E-state index in [2.05, 4.69) is 26.2 Å². The molecule has 0 spiro atoms. The van der Waals surface area contributed by atoms with Crippen LogP contribution in [0.3, 0.4) is 0 Å². The van der Waals surface area contributed by atoms with Crippen molar-refractivity contribution in [3.8, 4) is 5.75 Å². The van der Waals surface area contributed by atoms with Crippen molar-refractivity contribution in [3.05, 3.63) is 59.7 Å². The fraction of sp³-hybridized carbons (Fsp3) is 0.391. The number of hydrogen-bond donors (Lipinski definition) is 2. The molecule has 1 aliphatic rings. The topological polar surface area (TPSA) is 63.1 Å². The highest BCUT2D eigenvalue weighted by Crippen LogP contribution is 2.20. The Kier molecular flexibility index (Phi) is 6.88. The summed E-state index contributed by atoms with van der Waals surface area (Å²) in [5.41, 5.74) is 1.58. The van der Waals surface area contributed by atoms with Gasteiger partial charge in [0, 0.05) is 5.56 Å². The first-order valence-electron chi connectivity index (χ1n) is 10.2. The summed E-state index contributed by atoms with van der Waals surface area (Å²) in [6.45, 7) is 8.13. The van der Waals surface area contributed by atoms with Crippen LogP contribution in [0.1, 0.15) is 34.6 Å². The summed E-state index contributed by atoms with van der Waals surface area (Å²) in [7, 11) is 2.13. The first-order chi connectivity index (χ1) is 13.9. The van der Waals surface area contributed by atoms with Crippen molar-refractivity contribution in [3.63, 3.8) is 0 Å². The average Bonchev–Trinajstić information content (AvgIpc) is 2.73. The molecule has 0 unspecified atom stereocenters. The van der Waals surface area contributed by atoms with Gasteiger partial charge in [-0.05, 0) is 42.3 Å². The highest BCUT2D eigenvalue weighted by Gasteiger charge is 2.24. The van der Waals surface area contributed by atoms with Crippen LogP contribution >= 0.6 is 0 Å². The first-order valence-corrected chi connectivity index (χ1v) is 10.2. The van der Waals surface area contributed by atoms with E-state index in [4.69, 9.17) is 4.74 Å². The fourth-order valence-electron chi connectivity index (χ4n) is 3.20. The molecule has 2 amide bonds. The van der Waals surface area contributed by atoms with E-state index >= 15 is 0 Å². The van der Waals surface area contributed by atoms with Gasteiger partial charge in [-0.25, -0.2) is 0 Å². The van der Waals surface area contributed by atoms with Crippen LogP contribution in [0.4, 0.5) is 5.69 Å². The van der Waals surface area contributed by atoms with Crippen LogP contribution in [-0.4, -0.2) is 56.5 Å². The Morgan fingerprint density at radius 2 is 1.72 bits per heavy atom. The molecule has 154 valence electrons. The second-order valence-corrected chi connectivity index (χ2v) is 7.98. The molecule has 2 aromatic rings. The van der Waals surface area contributed by atoms with E-state index in [9.17, 15) is 9.59 Å². The van der Waals surface area contributed by atoms with Crippen LogP contribution in [0.2, 0.25) is 0 Å². The number of piperazine rings is 1. The number of para-hydroxylation sites is 1. The molecule has 0 bridgehead atoms. The Balaban J connectivity index is 1.68. The molecule has 0 radical (unpaired) electrons. The van der Waals surface area contributed by atoms with Crippen molar-refractivity contribution in [2.45, 2.75) is 13.8 Å². The summed E-state index contributed by atoms with van der Waals surface area (Å²) >= 11 is 0. The van der Waals surface area contributed by atoms with E-state index in [1.54, 1.807) is 36.4 Å². The van der Waals surface area contributed by atoms with E-state index in [-0.39, 0.29) is 11.8 Å². The van der Waals surface area contributed by atoms with E-state index in [1.165, 1.54) is 4.90 Å². The zero-order chi connectivity index (χ0) is 20.8. The van der Waals surface area contributed by atoms with Gasteiger partial charge in [0.25, 0.3) is 11.8 Å². The quantitative estimate of drug-likeness (QED) is 0.785. The Hall–Kier alpha value is -2.86. The molecular formula is C23H30N3O3+. The summed E-state index contributed by atoms with van der Waals surface area (Å²) in [6, 6.07) is 14.2. The lowest BCUT2D eigenvalue weighted by Gasteiger charge is -2.30. The first kappa shape index (κ1) is 20.9. The molecule has 2 N–H and O–H groups in total. The lowest BCUT2D eigenvalue weighted by atomic mass is 10.1. The Morgan fingerprint density at radius 3 is 2.38 bits per heavy atom. The molecule has 1 heterocycles. The van der Waals surface area contributed by atoms with Gasteiger partial charge >= 0.3 is 0 Å². The van der Waals surface area contributed by atoms with Crippen LogP contribution in [0.5, 0.6) is 5.75 Å². The largest absolute Gasteiger partial charge is 0.493 e. The van der Waals surface area contributed by atoms with Crippen LogP contribution < -0.4 is 15.0 Å². The number of benzene rings is 2. The number of nitrogens with one attached hydrogen (secondary N) is 2. The molecule has 0 saturated carbocycles. The van der Waals surface area contributed by atoms with E-state index < -0.39 is 0 Å². The number of quaternary nitrogens is 1. The number of amides is 2. The number of hydrogen-bond acceptors (Lipinski definition) is 3. The van der Waals surface area contributed by atoms with Gasteiger partial charge in [-0.2, -0.15) is 0 Å². The Morgan fingerprint density at radius 1 is 1.07 bits per heavy atom. The van der Waals surface area contributed by atoms with Crippen LogP contribution in [0, 0.1) is 5.92 Å². The number of carbonyl (C=O) groups excluding carboxylic acids is 2. The number of nitrogens with zero attached hydrogens (tertiary/aromatic N) is 1. The minimum absolute atomic E-state index is 0.0363. The van der Waals surface area contributed by atoms with Crippen molar-refractivity contribution in [2.75, 3.05) is 45.2 Å². The van der Waals surface area contributed by atoms with Crippen molar-refractivity contribution in [1.82, 2.24) is 4.90 Å². The van der Waals surface area contributed by atoms with Gasteiger partial charge in [-0.15, -0.1) is 0 Å². The van der Waals surface area contributed by atoms with Crippen molar-refractivity contribution >= 4 is 17.5 Å². The third-order valence-electron chi connectivity index (χ3n) is 5.01. The lowest BCUT2D eigenvalue weighted by Crippen LogP contribution is -3.12. The maximum atomic E-state index is 13.0. The molecule has 0 aliphatic carbocycles. The maximum Gasteiger partial charge on any atom is 0.256 e. The predicted molar refractivity (Wildman–Crippen MR) is 114 cm³/mol. The molecule has 0 atom stereocenters. The average molecular weight is 397 g/mol. The molecule has 1 saturated heterocycles. The molecule has 29 heavy (non-hydrogen) atoms.